The largest absolute Gasteiger partial charge is 0.455 e. The number of hydrogen-bond donors (Lipinski definition) is 0. The molecule has 0 saturated heterocycles. The molecule has 0 aliphatic heterocycles. The molecule has 0 N–H and O–H groups in total. The monoisotopic (exact) mass is 815 g/mol. The van der Waals surface area contributed by atoms with Crippen LogP contribution in [0.4, 0.5) is 0 Å². The topological polar surface area (TPSA) is 27.9 Å². The molecule has 10 aromatic carbocycles. The van der Waals surface area contributed by atoms with Crippen LogP contribution in [0.5, 0.6) is 0 Å². The fraction of sp³-hybridized carbons (Fsp3) is 0. The van der Waals surface area contributed by atoms with Crippen molar-refractivity contribution in [1.29, 1.82) is 0 Å². The van der Waals surface area contributed by atoms with Gasteiger partial charge in [0.1, 0.15) is 11.2 Å². The lowest BCUT2D eigenvalue weighted by Gasteiger charge is -2.13. The SMILES string of the molecule is c1ccc(-n2c3ccccc3c3ccc(-c4cc(-c5ccc6c7ccccc7n(-c7ccc8c9ccccc9n(-c9ccccc9)c8c7)c6c5)c5oc6ccccc6c5c4)cc32)cc1. The maximum atomic E-state index is 6.82. The van der Waals surface area contributed by atoms with E-state index in [-0.39, 0.29) is 0 Å². The third kappa shape index (κ3) is 5.05. The van der Waals surface area contributed by atoms with Crippen LogP contribution in [0.15, 0.2) is 229 Å². The van der Waals surface area contributed by atoms with Crippen LogP contribution in [0.25, 0.3) is 127 Å². The molecule has 14 rings (SSSR count). The van der Waals surface area contributed by atoms with Crippen molar-refractivity contribution in [2.24, 2.45) is 0 Å². The zero-order chi connectivity index (χ0) is 41.9. The van der Waals surface area contributed by atoms with E-state index in [0.29, 0.717) is 0 Å². The smallest absolute Gasteiger partial charge is 0.143 e. The molecule has 0 unspecified atom stereocenters. The molecule has 4 aromatic heterocycles. The summed E-state index contributed by atoms with van der Waals surface area (Å²) < 4.78 is 14.1. The molecular weight excluding hydrogens is 779 g/mol. The van der Waals surface area contributed by atoms with Crippen molar-refractivity contribution in [3.8, 4) is 39.3 Å². The van der Waals surface area contributed by atoms with Crippen LogP contribution in [-0.4, -0.2) is 13.7 Å². The van der Waals surface area contributed by atoms with E-state index in [4.69, 9.17) is 4.42 Å². The Balaban J connectivity index is 1.01. The minimum atomic E-state index is 0.882. The lowest BCUT2D eigenvalue weighted by molar-refractivity contribution is 0.670. The summed E-state index contributed by atoms with van der Waals surface area (Å²) in [7, 11) is 0. The fourth-order valence-electron chi connectivity index (χ4n) is 10.6. The van der Waals surface area contributed by atoms with Gasteiger partial charge in [0, 0.05) is 65.7 Å². The first-order chi connectivity index (χ1) is 31.7. The number of rotatable bonds is 5. The van der Waals surface area contributed by atoms with Crippen LogP contribution in [-0.2, 0) is 0 Å². The molecule has 4 heterocycles. The van der Waals surface area contributed by atoms with E-state index >= 15 is 0 Å². The first kappa shape index (κ1) is 35.0. The predicted molar refractivity (Wildman–Crippen MR) is 268 cm³/mol. The number of benzene rings is 10. The summed E-state index contributed by atoms with van der Waals surface area (Å²) in [6.07, 6.45) is 0. The summed E-state index contributed by atoms with van der Waals surface area (Å²) in [5.41, 5.74) is 16.7. The van der Waals surface area contributed by atoms with E-state index in [0.717, 1.165) is 66.8 Å². The average molecular weight is 816 g/mol. The molecule has 64 heavy (non-hydrogen) atoms. The van der Waals surface area contributed by atoms with Gasteiger partial charge in [-0.3, -0.25) is 0 Å². The molecule has 0 saturated carbocycles. The molecule has 4 heteroatoms. The molecule has 0 amide bonds. The van der Waals surface area contributed by atoms with Crippen molar-refractivity contribution in [1.82, 2.24) is 13.7 Å². The van der Waals surface area contributed by atoms with E-state index < -0.39 is 0 Å². The van der Waals surface area contributed by atoms with Gasteiger partial charge in [-0.15, -0.1) is 0 Å². The Labute approximate surface area is 367 Å². The summed E-state index contributed by atoms with van der Waals surface area (Å²) in [5.74, 6) is 0. The summed E-state index contributed by atoms with van der Waals surface area (Å²) in [4.78, 5) is 0. The number of hydrogen-bond acceptors (Lipinski definition) is 1. The van der Waals surface area contributed by atoms with Gasteiger partial charge in [0.2, 0.25) is 0 Å². The standard InChI is InChI=1S/C60H37N3O/c1-3-15-41(16-4-1)61-53-23-11-7-19-44(53)47-30-27-38(35-56(47)61)40-33-51(60-52(34-40)50-22-10-14-26-59(50)64-60)39-28-31-48-45-20-9-13-25-55(45)63(57(48)36-39)43-29-32-49-46-21-8-12-24-54(46)62(58(49)37-43)42-17-5-2-6-18-42/h1-37H. The lowest BCUT2D eigenvalue weighted by Crippen LogP contribution is -1.97. The van der Waals surface area contributed by atoms with E-state index in [9.17, 15) is 0 Å². The highest BCUT2D eigenvalue weighted by Crippen LogP contribution is 2.44. The van der Waals surface area contributed by atoms with Gasteiger partial charge in [0.15, 0.2) is 0 Å². The lowest BCUT2D eigenvalue weighted by atomic mass is 9.94. The van der Waals surface area contributed by atoms with Crippen LogP contribution in [0, 0.1) is 0 Å². The number of para-hydroxylation sites is 6. The molecule has 0 aliphatic carbocycles. The normalized spacial score (nSPS) is 12.1. The van der Waals surface area contributed by atoms with Crippen molar-refractivity contribution in [2.75, 3.05) is 0 Å². The van der Waals surface area contributed by atoms with Gasteiger partial charge < -0.3 is 18.1 Å². The Morgan fingerprint density at radius 2 is 0.688 bits per heavy atom. The van der Waals surface area contributed by atoms with Crippen LogP contribution >= 0.6 is 0 Å². The Morgan fingerprint density at radius 1 is 0.250 bits per heavy atom. The molecule has 14 aromatic rings. The van der Waals surface area contributed by atoms with E-state index in [1.54, 1.807) is 0 Å². The fourth-order valence-corrected chi connectivity index (χ4v) is 10.6. The Morgan fingerprint density at radius 3 is 1.28 bits per heavy atom. The zero-order valence-corrected chi connectivity index (χ0v) is 34.6. The summed E-state index contributed by atoms with van der Waals surface area (Å²) in [5, 5.41) is 9.60. The molecule has 0 radical (unpaired) electrons. The number of aromatic nitrogens is 3. The highest BCUT2D eigenvalue weighted by atomic mass is 16.3. The zero-order valence-electron chi connectivity index (χ0n) is 34.6. The molecule has 0 atom stereocenters. The maximum Gasteiger partial charge on any atom is 0.143 e. The number of furan rings is 1. The Hall–Kier alpha value is -8.60. The van der Waals surface area contributed by atoms with Crippen LogP contribution in [0.1, 0.15) is 0 Å². The first-order valence-electron chi connectivity index (χ1n) is 21.9. The van der Waals surface area contributed by atoms with Gasteiger partial charge in [0.05, 0.1) is 33.1 Å². The summed E-state index contributed by atoms with van der Waals surface area (Å²) in [6, 6.07) is 81.5. The second-order valence-corrected chi connectivity index (χ2v) is 16.9. The highest BCUT2D eigenvalue weighted by molar-refractivity contribution is 6.16. The van der Waals surface area contributed by atoms with Gasteiger partial charge in [-0.05, 0) is 102 Å². The van der Waals surface area contributed by atoms with Crippen molar-refractivity contribution >= 4 is 87.4 Å². The van der Waals surface area contributed by atoms with E-state index in [1.807, 2.05) is 0 Å². The molecule has 0 bridgehead atoms. The third-order valence-electron chi connectivity index (χ3n) is 13.4. The van der Waals surface area contributed by atoms with Crippen molar-refractivity contribution < 1.29 is 4.42 Å². The molecule has 0 fully saturated rings. The maximum absolute atomic E-state index is 6.82. The van der Waals surface area contributed by atoms with E-state index in [2.05, 4.69) is 238 Å². The molecule has 0 aliphatic rings. The second kappa shape index (κ2) is 13.4. The summed E-state index contributed by atoms with van der Waals surface area (Å²) >= 11 is 0. The minimum Gasteiger partial charge on any atom is -0.455 e. The van der Waals surface area contributed by atoms with Gasteiger partial charge in [-0.25, -0.2) is 0 Å². The van der Waals surface area contributed by atoms with Crippen molar-refractivity contribution in [3.05, 3.63) is 224 Å². The number of fused-ring (bicyclic) bond motifs is 12. The molecule has 0 spiro atoms. The minimum absolute atomic E-state index is 0.882. The summed E-state index contributed by atoms with van der Waals surface area (Å²) in [6.45, 7) is 0. The number of nitrogens with zero attached hydrogens (tertiary/aromatic N) is 3. The Bertz CT molecular complexity index is 4180. The van der Waals surface area contributed by atoms with Gasteiger partial charge in [-0.1, -0.05) is 140 Å². The highest BCUT2D eigenvalue weighted by Gasteiger charge is 2.21. The van der Waals surface area contributed by atoms with Gasteiger partial charge >= 0.3 is 0 Å². The van der Waals surface area contributed by atoms with Crippen LogP contribution in [0.3, 0.4) is 0 Å². The predicted octanol–water partition coefficient (Wildman–Crippen LogP) is 16.2. The van der Waals surface area contributed by atoms with Crippen molar-refractivity contribution in [2.45, 2.75) is 0 Å². The van der Waals surface area contributed by atoms with Crippen LogP contribution < -0.4 is 0 Å². The Kier molecular flexibility index (Phi) is 7.36. The third-order valence-corrected chi connectivity index (χ3v) is 13.4. The van der Waals surface area contributed by atoms with Gasteiger partial charge in [-0.2, -0.15) is 0 Å². The first-order valence-corrected chi connectivity index (χ1v) is 21.9. The van der Waals surface area contributed by atoms with Crippen LogP contribution in [0.2, 0.25) is 0 Å². The molecular formula is C60H37N3O. The van der Waals surface area contributed by atoms with E-state index in [1.165, 1.54) is 59.9 Å². The molecule has 4 nitrogen and oxygen atoms in total. The van der Waals surface area contributed by atoms with Gasteiger partial charge in [0.25, 0.3) is 0 Å². The average Bonchev–Trinajstić information content (AvgIpc) is 4.10. The molecule has 298 valence electrons. The van der Waals surface area contributed by atoms with Crippen molar-refractivity contribution in [3.63, 3.8) is 0 Å². The quantitative estimate of drug-likeness (QED) is 0.170. The second-order valence-electron chi connectivity index (χ2n) is 16.9.